The number of hydrogen-bond donors (Lipinski definition) is 0. The van der Waals surface area contributed by atoms with Gasteiger partial charge in [0.05, 0.1) is 6.61 Å². The molecule has 74 valence electrons. The maximum absolute atomic E-state index is 11.2. The van der Waals surface area contributed by atoms with Gasteiger partial charge in [-0.2, -0.15) is 0 Å². The molecule has 2 unspecified atom stereocenters. The second kappa shape index (κ2) is 3.80. The molecule has 1 aliphatic heterocycles. The molecule has 1 saturated heterocycles. The summed E-state index contributed by atoms with van der Waals surface area (Å²) in [5, 5.41) is 0. The quantitative estimate of drug-likeness (QED) is 0.635. The average Bonchev–Trinajstić information content (AvgIpc) is 2.23. The van der Waals surface area contributed by atoms with E-state index in [9.17, 15) is 4.79 Å². The third-order valence-electron chi connectivity index (χ3n) is 2.26. The van der Waals surface area contributed by atoms with Crippen LogP contribution in [0.3, 0.4) is 0 Å². The second-order valence-electron chi connectivity index (χ2n) is 3.31. The van der Waals surface area contributed by atoms with E-state index in [0.717, 1.165) is 5.56 Å². The lowest BCUT2D eigenvalue weighted by Gasteiger charge is -2.26. The smallest absolute Gasteiger partial charge is 0.335 e. The fraction of sp³-hybridized carbons (Fsp3) is 0.364. The van der Waals surface area contributed by atoms with Crippen molar-refractivity contribution in [2.45, 2.75) is 19.1 Å². The lowest BCUT2D eigenvalue weighted by Crippen LogP contribution is -2.33. The first kappa shape index (κ1) is 9.21. The van der Waals surface area contributed by atoms with Crippen LogP contribution in [0.25, 0.3) is 0 Å². The standard InChI is InChI=1S/C11H12O3/c1-8-11(12)14-10(7-13-8)9-5-3-2-4-6-9/h2-6,8,10H,7H2,1H3. The van der Waals surface area contributed by atoms with Gasteiger partial charge in [0.1, 0.15) is 0 Å². The predicted molar refractivity (Wildman–Crippen MR) is 50.7 cm³/mol. The van der Waals surface area contributed by atoms with E-state index in [1.807, 2.05) is 30.3 Å². The number of hydrogen-bond acceptors (Lipinski definition) is 3. The Balaban J connectivity index is 2.11. The van der Waals surface area contributed by atoms with E-state index in [1.165, 1.54) is 0 Å². The fourth-order valence-electron chi connectivity index (χ4n) is 1.40. The van der Waals surface area contributed by atoms with Gasteiger partial charge in [-0.1, -0.05) is 30.3 Å². The number of carbonyl (C=O) groups is 1. The molecule has 3 heteroatoms. The van der Waals surface area contributed by atoms with Crippen LogP contribution in [-0.4, -0.2) is 18.7 Å². The first-order valence-corrected chi connectivity index (χ1v) is 4.64. The number of rotatable bonds is 1. The lowest BCUT2D eigenvalue weighted by molar-refractivity contribution is -0.182. The van der Waals surface area contributed by atoms with Crippen LogP contribution in [-0.2, 0) is 14.3 Å². The van der Waals surface area contributed by atoms with Crippen molar-refractivity contribution in [3.8, 4) is 0 Å². The molecule has 0 saturated carbocycles. The van der Waals surface area contributed by atoms with Gasteiger partial charge in [0, 0.05) is 0 Å². The van der Waals surface area contributed by atoms with Gasteiger partial charge in [-0.15, -0.1) is 0 Å². The van der Waals surface area contributed by atoms with E-state index in [4.69, 9.17) is 9.47 Å². The first-order chi connectivity index (χ1) is 6.77. The van der Waals surface area contributed by atoms with Gasteiger partial charge in [-0.25, -0.2) is 4.79 Å². The topological polar surface area (TPSA) is 35.5 Å². The maximum Gasteiger partial charge on any atom is 0.335 e. The van der Waals surface area contributed by atoms with Crippen LogP contribution in [0.4, 0.5) is 0 Å². The van der Waals surface area contributed by atoms with Crippen molar-refractivity contribution in [3.05, 3.63) is 35.9 Å². The number of carbonyl (C=O) groups excluding carboxylic acids is 1. The summed E-state index contributed by atoms with van der Waals surface area (Å²) in [6, 6.07) is 9.62. The monoisotopic (exact) mass is 192 g/mol. The Morgan fingerprint density at radius 2 is 2.00 bits per heavy atom. The van der Waals surface area contributed by atoms with Crippen molar-refractivity contribution in [3.63, 3.8) is 0 Å². The molecule has 1 aromatic rings. The number of esters is 1. The van der Waals surface area contributed by atoms with E-state index in [1.54, 1.807) is 6.92 Å². The van der Waals surface area contributed by atoms with Crippen LogP contribution in [0.2, 0.25) is 0 Å². The molecule has 0 radical (unpaired) electrons. The van der Waals surface area contributed by atoms with Crippen molar-refractivity contribution in [2.24, 2.45) is 0 Å². The van der Waals surface area contributed by atoms with Crippen LogP contribution in [0.15, 0.2) is 30.3 Å². The van der Waals surface area contributed by atoms with Crippen LogP contribution in [0.5, 0.6) is 0 Å². The highest BCUT2D eigenvalue weighted by Crippen LogP contribution is 2.22. The predicted octanol–water partition coefficient (Wildman–Crippen LogP) is 1.69. The van der Waals surface area contributed by atoms with E-state index < -0.39 is 6.10 Å². The Morgan fingerprint density at radius 1 is 1.29 bits per heavy atom. The summed E-state index contributed by atoms with van der Waals surface area (Å²) in [7, 11) is 0. The number of benzene rings is 1. The second-order valence-corrected chi connectivity index (χ2v) is 3.31. The van der Waals surface area contributed by atoms with Gasteiger partial charge in [0.2, 0.25) is 0 Å². The molecule has 0 aromatic heterocycles. The molecular formula is C11H12O3. The Labute approximate surface area is 82.6 Å². The molecule has 0 bridgehead atoms. The molecule has 1 fully saturated rings. The van der Waals surface area contributed by atoms with Gasteiger partial charge >= 0.3 is 5.97 Å². The Kier molecular flexibility index (Phi) is 2.50. The van der Waals surface area contributed by atoms with Gasteiger partial charge in [-0.3, -0.25) is 0 Å². The van der Waals surface area contributed by atoms with Crippen molar-refractivity contribution < 1.29 is 14.3 Å². The zero-order valence-electron chi connectivity index (χ0n) is 7.97. The van der Waals surface area contributed by atoms with E-state index in [-0.39, 0.29) is 12.1 Å². The van der Waals surface area contributed by atoms with Crippen LogP contribution < -0.4 is 0 Å². The summed E-state index contributed by atoms with van der Waals surface area (Å²) >= 11 is 0. The molecular weight excluding hydrogens is 180 g/mol. The molecule has 3 nitrogen and oxygen atoms in total. The Morgan fingerprint density at radius 3 is 2.64 bits per heavy atom. The molecule has 1 aromatic carbocycles. The summed E-state index contributed by atoms with van der Waals surface area (Å²) in [6.07, 6.45) is -0.685. The Bertz CT molecular complexity index is 321. The summed E-state index contributed by atoms with van der Waals surface area (Å²) in [5.74, 6) is -0.287. The third kappa shape index (κ3) is 1.77. The van der Waals surface area contributed by atoms with Crippen LogP contribution >= 0.6 is 0 Å². The normalized spacial score (nSPS) is 27.1. The van der Waals surface area contributed by atoms with Crippen LogP contribution in [0, 0.1) is 0 Å². The molecule has 1 heterocycles. The van der Waals surface area contributed by atoms with E-state index in [0.29, 0.717) is 6.61 Å². The molecule has 0 aliphatic carbocycles. The highest BCUT2D eigenvalue weighted by molar-refractivity contribution is 5.75. The summed E-state index contributed by atoms with van der Waals surface area (Å²) in [5.41, 5.74) is 0.979. The van der Waals surface area contributed by atoms with Crippen molar-refractivity contribution in [1.29, 1.82) is 0 Å². The maximum atomic E-state index is 11.2. The van der Waals surface area contributed by atoms with Crippen molar-refractivity contribution in [2.75, 3.05) is 6.61 Å². The third-order valence-corrected chi connectivity index (χ3v) is 2.26. The summed E-state index contributed by atoms with van der Waals surface area (Å²) in [6.45, 7) is 2.14. The Hall–Kier alpha value is -1.35. The van der Waals surface area contributed by atoms with Gasteiger partial charge < -0.3 is 9.47 Å². The van der Waals surface area contributed by atoms with E-state index in [2.05, 4.69) is 0 Å². The highest BCUT2D eigenvalue weighted by Gasteiger charge is 2.28. The lowest BCUT2D eigenvalue weighted by atomic mass is 10.1. The summed E-state index contributed by atoms with van der Waals surface area (Å²) in [4.78, 5) is 11.2. The zero-order chi connectivity index (χ0) is 9.97. The molecule has 14 heavy (non-hydrogen) atoms. The highest BCUT2D eigenvalue weighted by atomic mass is 16.6. The molecule has 2 atom stereocenters. The largest absolute Gasteiger partial charge is 0.453 e. The minimum Gasteiger partial charge on any atom is -0.453 e. The van der Waals surface area contributed by atoms with Gasteiger partial charge in [0.15, 0.2) is 12.2 Å². The molecule has 0 N–H and O–H groups in total. The number of ether oxygens (including phenoxy) is 2. The van der Waals surface area contributed by atoms with E-state index >= 15 is 0 Å². The minimum absolute atomic E-state index is 0.250. The first-order valence-electron chi connectivity index (χ1n) is 4.64. The molecule has 2 rings (SSSR count). The molecule has 1 aliphatic rings. The SMILES string of the molecule is CC1OCC(c2ccccc2)OC1=O. The minimum atomic E-state index is -0.435. The summed E-state index contributed by atoms with van der Waals surface area (Å²) < 4.78 is 10.5. The molecule has 0 spiro atoms. The zero-order valence-corrected chi connectivity index (χ0v) is 7.97. The molecule has 0 amide bonds. The number of cyclic esters (lactones) is 1. The van der Waals surface area contributed by atoms with Crippen molar-refractivity contribution >= 4 is 5.97 Å². The van der Waals surface area contributed by atoms with Gasteiger partial charge in [-0.05, 0) is 12.5 Å². The van der Waals surface area contributed by atoms with Crippen molar-refractivity contribution in [1.82, 2.24) is 0 Å². The fourth-order valence-corrected chi connectivity index (χ4v) is 1.40. The van der Waals surface area contributed by atoms with Gasteiger partial charge in [0.25, 0.3) is 0 Å². The van der Waals surface area contributed by atoms with Crippen LogP contribution in [0.1, 0.15) is 18.6 Å². The average molecular weight is 192 g/mol.